The molecule has 4 rings (SSSR count). The molecule has 0 aliphatic carbocycles. The average Bonchev–Trinajstić information content (AvgIpc) is 2.82. The van der Waals surface area contributed by atoms with Crippen molar-refractivity contribution in [3.63, 3.8) is 0 Å². The minimum atomic E-state index is -0.525. The number of morpholine rings is 1. The fourth-order valence-corrected chi connectivity index (χ4v) is 3.72. The lowest BCUT2D eigenvalue weighted by molar-refractivity contribution is -0.128. The van der Waals surface area contributed by atoms with E-state index in [0.29, 0.717) is 13.0 Å². The molecule has 3 aromatic rings. The Morgan fingerprint density at radius 2 is 1.77 bits per heavy atom. The van der Waals surface area contributed by atoms with Gasteiger partial charge in [0, 0.05) is 30.7 Å². The van der Waals surface area contributed by atoms with E-state index in [-0.39, 0.29) is 5.91 Å². The van der Waals surface area contributed by atoms with Gasteiger partial charge in [0.2, 0.25) is 0 Å². The Morgan fingerprint density at radius 3 is 2.53 bits per heavy atom. The van der Waals surface area contributed by atoms with Crippen LogP contribution in [0.2, 0.25) is 0 Å². The Bertz CT molecular complexity index is 976. The lowest BCUT2D eigenvalue weighted by Gasteiger charge is -2.29. The van der Waals surface area contributed by atoms with E-state index < -0.39 is 6.10 Å². The molecular formula is C25H28N2O3. The topological polar surface area (TPSA) is 50.8 Å². The van der Waals surface area contributed by atoms with E-state index in [4.69, 9.17) is 9.47 Å². The Morgan fingerprint density at radius 1 is 1.03 bits per heavy atom. The molecular weight excluding hydrogens is 376 g/mol. The fourth-order valence-electron chi connectivity index (χ4n) is 3.72. The SMILES string of the molecule is CC[C@@H](Oc1cccc2ccccc12)C(=O)NCc1ccc(N2CCOCC2)cc1. The van der Waals surface area contributed by atoms with Crippen LogP contribution in [0.5, 0.6) is 5.75 Å². The largest absolute Gasteiger partial charge is 0.480 e. The van der Waals surface area contributed by atoms with Crippen LogP contribution in [0, 0.1) is 0 Å². The van der Waals surface area contributed by atoms with Crippen LogP contribution in [0.3, 0.4) is 0 Å². The number of nitrogens with zero attached hydrogens (tertiary/aromatic N) is 1. The molecule has 0 radical (unpaired) electrons. The molecule has 30 heavy (non-hydrogen) atoms. The van der Waals surface area contributed by atoms with E-state index in [1.165, 1.54) is 5.69 Å². The van der Waals surface area contributed by atoms with Crippen molar-refractivity contribution in [1.29, 1.82) is 0 Å². The molecule has 1 atom stereocenters. The normalized spacial score (nSPS) is 15.0. The van der Waals surface area contributed by atoms with Crippen molar-refractivity contribution in [2.45, 2.75) is 26.0 Å². The van der Waals surface area contributed by atoms with E-state index >= 15 is 0 Å². The van der Waals surface area contributed by atoms with E-state index in [0.717, 1.165) is 48.4 Å². The van der Waals surface area contributed by atoms with Crippen molar-refractivity contribution in [1.82, 2.24) is 5.32 Å². The van der Waals surface area contributed by atoms with Gasteiger partial charge in [-0.1, -0.05) is 55.5 Å². The number of fused-ring (bicyclic) bond motifs is 1. The summed E-state index contributed by atoms with van der Waals surface area (Å²) in [6.45, 7) is 5.82. The maximum atomic E-state index is 12.7. The molecule has 0 spiro atoms. The summed E-state index contributed by atoms with van der Waals surface area (Å²) in [7, 11) is 0. The van der Waals surface area contributed by atoms with Crippen LogP contribution in [0.25, 0.3) is 10.8 Å². The summed E-state index contributed by atoms with van der Waals surface area (Å²) in [6.07, 6.45) is 0.0776. The number of ether oxygens (including phenoxy) is 2. The highest BCUT2D eigenvalue weighted by Crippen LogP contribution is 2.26. The number of amides is 1. The first-order valence-corrected chi connectivity index (χ1v) is 10.6. The lowest BCUT2D eigenvalue weighted by Crippen LogP contribution is -2.37. The van der Waals surface area contributed by atoms with Gasteiger partial charge in [-0.25, -0.2) is 0 Å². The number of rotatable bonds is 7. The molecule has 0 bridgehead atoms. The third-order valence-corrected chi connectivity index (χ3v) is 5.46. The molecule has 5 nitrogen and oxygen atoms in total. The molecule has 1 heterocycles. The first-order chi connectivity index (χ1) is 14.7. The maximum absolute atomic E-state index is 12.7. The van der Waals surface area contributed by atoms with Crippen molar-refractivity contribution in [2.24, 2.45) is 0 Å². The highest BCUT2D eigenvalue weighted by molar-refractivity contribution is 5.89. The van der Waals surface area contributed by atoms with Gasteiger partial charge in [0.25, 0.3) is 5.91 Å². The first-order valence-electron chi connectivity index (χ1n) is 10.6. The summed E-state index contributed by atoms with van der Waals surface area (Å²) in [4.78, 5) is 15.1. The van der Waals surface area contributed by atoms with Crippen LogP contribution in [-0.4, -0.2) is 38.3 Å². The Balaban J connectivity index is 1.36. The number of anilines is 1. The summed E-state index contributed by atoms with van der Waals surface area (Å²) in [5.74, 6) is 0.646. The number of carbonyl (C=O) groups is 1. The van der Waals surface area contributed by atoms with Gasteiger partial charge in [-0.2, -0.15) is 0 Å². The first kappa shape index (κ1) is 20.2. The Labute approximate surface area is 177 Å². The monoisotopic (exact) mass is 404 g/mol. The molecule has 0 unspecified atom stereocenters. The van der Waals surface area contributed by atoms with E-state index in [1.807, 2.05) is 49.4 Å². The number of benzene rings is 3. The summed E-state index contributed by atoms with van der Waals surface area (Å²) >= 11 is 0. The van der Waals surface area contributed by atoms with Gasteiger partial charge in [0.1, 0.15) is 5.75 Å². The standard InChI is InChI=1S/C25H28N2O3/c1-2-23(30-24-9-5-7-20-6-3-4-8-22(20)24)25(28)26-18-19-10-12-21(13-11-19)27-14-16-29-17-15-27/h3-13,23H,2,14-18H2,1H3,(H,26,28)/t23-/m1/s1. The van der Waals surface area contributed by atoms with Crippen molar-refractivity contribution >= 4 is 22.4 Å². The highest BCUT2D eigenvalue weighted by atomic mass is 16.5. The van der Waals surface area contributed by atoms with Gasteiger partial charge in [-0.3, -0.25) is 4.79 Å². The van der Waals surface area contributed by atoms with Crippen LogP contribution in [0.1, 0.15) is 18.9 Å². The Hall–Kier alpha value is -3.05. The predicted octanol–water partition coefficient (Wildman–Crippen LogP) is 4.15. The molecule has 1 fully saturated rings. The van der Waals surface area contributed by atoms with Gasteiger partial charge in [0.15, 0.2) is 6.10 Å². The van der Waals surface area contributed by atoms with Gasteiger partial charge in [0.05, 0.1) is 13.2 Å². The minimum absolute atomic E-state index is 0.0947. The molecule has 1 aliphatic rings. The van der Waals surface area contributed by atoms with E-state index in [9.17, 15) is 4.79 Å². The van der Waals surface area contributed by atoms with Gasteiger partial charge < -0.3 is 19.7 Å². The smallest absolute Gasteiger partial charge is 0.261 e. The number of hydrogen-bond donors (Lipinski definition) is 1. The highest BCUT2D eigenvalue weighted by Gasteiger charge is 2.19. The molecule has 1 N–H and O–H groups in total. The maximum Gasteiger partial charge on any atom is 0.261 e. The summed E-state index contributed by atoms with van der Waals surface area (Å²) in [5, 5.41) is 5.14. The fraction of sp³-hybridized carbons (Fsp3) is 0.320. The van der Waals surface area contributed by atoms with Crippen LogP contribution in [-0.2, 0) is 16.1 Å². The molecule has 1 amide bonds. The van der Waals surface area contributed by atoms with Crippen molar-refractivity contribution in [2.75, 3.05) is 31.2 Å². The quantitative estimate of drug-likeness (QED) is 0.643. The predicted molar refractivity (Wildman–Crippen MR) is 120 cm³/mol. The zero-order valence-corrected chi connectivity index (χ0v) is 17.3. The van der Waals surface area contributed by atoms with Gasteiger partial charge in [-0.05, 0) is 35.6 Å². The number of hydrogen-bond acceptors (Lipinski definition) is 4. The van der Waals surface area contributed by atoms with Crippen LogP contribution in [0.15, 0.2) is 66.7 Å². The molecule has 156 valence electrons. The zero-order valence-electron chi connectivity index (χ0n) is 17.3. The van der Waals surface area contributed by atoms with Crippen molar-refractivity contribution in [3.8, 4) is 5.75 Å². The second-order valence-corrected chi connectivity index (χ2v) is 7.48. The summed E-state index contributed by atoms with van der Waals surface area (Å²) in [6, 6.07) is 22.3. The van der Waals surface area contributed by atoms with E-state index in [2.05, 4.69) is 34.5 Å². The second-order valence-electron chi connectivity index (χ2n) is 7.48. The van der Waals surface area contributed by atoms with Crippen molar-refractivity contribution < 1.29 is 14.3 Å². The Kier molecular flexibility index (Phi) is 6.50. The van der Waals surface area contributed by atoms with Crippen LogP contribution < -0.4 is 15.0 Å². The van der Waals surface area contributed by atoms with Crippen molar-refractivity contribution in [3.05, 3.63) is 72.3 Å². The summed E-state index contributed by atoms with van der Waals surface area (Å²) < 4.78 is 11.5. The van der Waals surface area contributed by atoms with Crippen LogP contribution in [0.4, 0.5) is 5.69 Å². The lowest BCUT2D eigenvalue weighted by atomic mass is 10.1. The second kappa shape index (κ2) is 9.63. The third-order valence-electron chi connectivity index (χ3n) is 5.46. The summed E-state index contributed by atoms with van der Waals surface area (Å²) in [5.41, 5.74) is 2.26. The van der Waals surface area contributed by atoms with Gasteiger partial charge in [-0.15, -0.1) is 0 Å². The molecule has 1 saturated heterocycles. The molecule has 0 aromatic heterocycles. The molecule has 3 aromatic carbocycles. The van der Waals surface area contributed by atoms with Crippen LogP contribution >= 0.6 is 0 Å². The van der Waals surface area contributed by atoms with E-state index in [1.54, 1.807) is 0 Å². The van der Waals surface area contributed by atoms with Gasteiger partial charge >= 0.3 is 0 Å². The molecule has 5 heteroatoms. The molecule has 0 saturated carbocycles. The average molecular weight is 405 g/mol. The minimum Gasteiger partial charge on any atom is -0.480 e. The number of carbonyl (C=O) groups excluding carboxylic acids is 1. The third kappa shape index (κ3) is 4.74. The molecule has 1 aliphatic heterocycles. The zero-order chi connectivity index (χ0) is 20.8. The number of nitrogens with one attached hydrogen (secondary N) is 1.